The number of primary amides is 1. The second-order valence-corrected chi connectivity index (χ2v) is 4.02. The van der Waals surface area contributed by atoms with Gasteiger partial charge in [0.1, 0.15) is 0 Å². The SMILES string of the molecule is NC(=O)c1ccc(N=Cc2ccc([N+](=O)[O-])cc2)cc1. The van der Waals surface area contributed by atoms with Gasteiger partial charge in [0.15, 0.2) is 0 Å². The largest absolute Gasteiger partial charge is 0.366 e. The van der Waals surface area contributed by atoms with Crippen LogP contribution in [-0.4, -0.2) is 17.0 Å². The Balaban J connectivity index is 2.12. The Morgan fingerprint density at radius 1 is 1.10 bits per heavy atom. The molecule has 6 nitrogen and oxygen atoms in total. The number of nitrogens with zero attached hydrogens (tertiary/aromatic N) is 2. The number of carbonyl (C=O) groups excluding carboxylic acids is 1. The molecule has 0 aromatic heterocycles. The number of benzene rings is 2. The van der Waals surface area contributed by atoms with Gasteiger partial charge in [-0.3, -0.25) is 19.9 Å². The molecule has 2 aromatic carbocycles. The highest BCUT2D eigenvalue weighted by atomic mass is 16.6. The van der Waals surface area contributed by atoms with Crippen molar-refractivity contribution in [3.8, 4) is 0 Å². The number of nitro benzene ring substituents is 1. The van der Waals surface area contributed by atoms with E-state index < -0.39 is 10.8 Å². The lowest BCUT2D eigenvalue weighted by atomic mass is 10.2. The van der Waals surface area contributed by atoms with Crippen LogP contribution in [0, 0.1) is 10.1 Å². The van der Waals surface area contributed by atoms with E-state index >= 15 is 0 Å². The van der Waals surface area contributed by atoms with Crippen LogP contribution in [0.4, 0.5) is 11.4 Å². The Morgan fingerprint density at radius 3 is 2.20 bits per heavy atom. The van der Waals surface area contributed by atoms with Crippen molar-refractivity contribution in [2.75, 3.05) is 0 Å². The molecule has 2 rings (SSSR count). The van der Waals surface area contributed by atoms with Crippen LogP contribution in [0.15, 0.2) is 53.5 Å². The lowest BCUT2D eigenvalue weighted by Crippen LogP contribution is -2.10. The van der Waals surface area contributed by atoms with Crippen LogP contribution in [0.3, 0.4) is 0 Å². The summed E-state index contributed by atoms with van der Waals surface area (Å²) in [6.07, 6.45) is 1.59. The number of nitrogens with two attached hydrogens (primary N) is 1. The lowest BCUT2D eigenvalue weighted by Gasteiger charge is -1.97. The van der Waals surface area contributed by atoms with E-state index in [0.717, 1.165) is 5.56 Å². The first-order valence-electron chi connectivity index (χ1n) is 5.74. The van der Waals surface area contributed by atoms with Crippen LogP contribution in [0.5, 0.6) is 0 Å². The van der Waals surface area contributed by atoms with Crippen LogP contribution < -0.4 is 5.73 Å². The predicted molar refractivity (Wildman–Crippen MR) is 75.3 cm³/mol. The Morgan fingerprint density at radius 2 is 1.70 bits per heavy atom. The molecule has 1 amide bonds. The molecule has 0 aliphatic heterocycles. The topological polar surface area (TPSA) is 98.6 Å². The number of non-ortho nitro benzene ring substituents is 1. The first-order valence-corrected chi connectivity index (χ1v) is 5.74. The van der Waals surface area contributed by atoms with E-state index in [2.05, 4.69) is 4.99 Å². The van der Waals surface area contributed by atoms with E-state index in [9.17, 15) is 14.9 Å². The number of rotatable bonds is 4. The van der Waals surface area contributed by atoms with Gasteiger partial charge in [0.05, 0.1) is 10.6 Å². The monoisotopic (exact) mass is 269 g/mol. The van der Waals surface area contributed by atoms with E-state index in [1.54, 1.807) is 42.6 Å². The summed E-state index contributed by atoms with van der Waals surface area (Å²) in [5, 5.41) is 10.5. The van der Waals surface area contributed by atoms with Gasteiger partial charge >= 0.3 is 0 Å². The lowest BCUT2D eigenvalue weighted by molar-refractivity contribution is -0.384. The van der Waals surface area contributed by atoms with Crippen LogP contribution in [0.25, 0.3) is 0 Å². The molecular weight excluding hydrogens is 258 g/mol. The van der Waals surface area contributed by atoms with Gasteiger partial charge in [-0.2, -0.15) is 0 Å². The molecule has 0 aliphatic carbocycles. The summed E-state index contributed by atoms with van der Waals surface area (Å²) in [4.78, 5) is 25.2. The normalized spacial score (nSPS) is 10.6. The molecule has 0 radical (unpaired) electrons. The Labute approximate surface area is 114 Å². The van der Waals surface area contributed by atoms with Gasteiger partial charge in [-0.25, -0.2) is 0 Å². The number of aliphatic imine (C=N–C) groups is 1. The zero-order valence-electron chi connectivity index (χ0n) is 10.4. The first kappa shape index (κ1) is 13.4. The van der Waals surface area contributed by atoms with Gasteiger partial charge in [-0.15, -0.1) is 0 Å². The number of carbonyl (C=O) groups is 1. The quantitative estimate of drug-likeness (QED) is 0.524. The summed E-state index contributed by atoms with van der Waals surface area (Å²) < 4.78 is 0. The van der Waals surface area contributed by atoms with Crippen molar-refractivity contribution in [3.05, 3.63) is 69.8 Å². The molecule has 2 N–H and O–H groups in total. The smallest absolute Gasteiger partial charge is 0.269 e. The highest BCUT2D eigenvalue weighted by molar-refractivity contribution is 5.93. The second kappa shape index (κ2) is 5.75. The molecule has 0 bridgehead atoms. The molecule has 0 fully saturated rings. The van der Waals surface area contributed by atoms with Gasteiger partial charge < -0.3 is 5.73 Å². The second-order valence-electron chi connectivity index (χ2n) is 4.02. The molecule has 0 spiro atoms. The van der Waals surface area contributed by atoms with Crippen molar-refractivity contribution in [2.24, 2.45) is 10.7 Å². The summed E-state index contributed by atoms with van der Waals surface area (Å²) in [5.74, 6) is -0.490. The maximum absolute atomic E-state index is 10.9. The number of nitro groups is 1. The molecule has 0 saturated heterocycles. The molecule has 0 unspecified atom stereocenters. The molecule has 2 aromatic rings. The zero-order valence-corrected chi connectivity index (χ0v) is 10.4. The third-order valence-electron chi connectivity index (χ3n) is 2.62. The average molecular weight is 269 g/mol. The fourth-order valence-corrected chi connectivity index (χ4v) is 1.54. The van der Waals surface area contributed by atoms with Crippen LogP contribution in [0.1, 0.15) is 15.9 Å². The number of amides is 1. The number of hydrogen-bond acceptors (Lipinski definition) is 4. The van der Waals surface area contributed by atoms with Gasteiger partial charge in [0.25, 0.3) is 5.69 Å². The van der Waals surface area contributed by atoms with E-state index in [0.29, 0.717) is 11.3 Å². The Hall–Kier alpha value is -3.02. The van der Waals surface area contributed by atoms with Gasteiger partial charge in [0, 0.05) is 23.9 Å². The van der Waals surface area contributed by atoms with Gasteiger partial charge in [-0.05, 0) is 42.0 Å². The van der Waals surface area contributed by atoms with Gasteiger partial charge in [0.2, 0.25) is 5.91 Å². The maximum atomic E-state index is 10.9. The van der Waals surface area contributed by atoms with Crippen molar-refractivity contribution in [1.82, 2.24) is 0 Å². The summed E-state index contributed by atoms with van der Waals surface area (Å²) in [7, 11) is 0. The highest BCUT2D eigenvalue weighted by Crippen LogP contribution is 2.14. The van der Waals surface area contributed by atoms with E-state index in [4.69, 9.17) is 5.73 Å². The average Bonchev–Trinajstić information content (AvgIpc) is 2.46. The summed E-state index contributed by atoms with van der Waals surface area (Å²) >= 11 is 0. The first-order chi connectivity index (χ1) is 9.56. The minimum atomic E-state index is -0.490. The fraction of sp³-hybridized carbons (Fsp3) is 0. The minimum Gasteiger partial charge on any atom is -0.366 e. The molecular formula is C14H11N3O3. The molecule has 0 saturated carbocycles. The Bertz CT molecular complexity index is 602. The van der Waals surface area contributed by atoms with E-state index in [1.807, 2.05) is 0 Å². The van der Waals surface area contributed by atoms with E-state index in [1.165, 1.54) is 12.1 Å². The Kier molecular flexibility index (Phi) is 3.85. The van der Waals surface area contributed by atoms with Crippen molar-refractivity contribution >= 4 is 23.5 Å². The van der Waals surface area contributed by atoms with Crippen LogP contribution in [0.2, 0.25) is 0 Å². The van der Waals surface area contributed by atoms with Crippen LogP contribution >= 0.6 is 0 Å². The fourth-order valence-electron chi connectivity index (χ4n) is 1.54. The van der Waals surface area contributed by atoms with Crippen molar-refractivity contribution in [1.29, 1.82) is 0 Å². The standard InChI is InChI=1S/C14H11N3O3/c15-14(18)11-3-5-12(6-4-11)16-9-10-1-7-13(8-2-10)17(19)20/h1-9H,(H2,15,18). The third-order valence-corrected chi connectivity index (χ3v) is 2.62. The molecule has 0 aliphatic rings. The summed E-state index contributed by atoms with van der Waals surface area (Å²) in [6.45, 7) is 0. The molecule has 6 heteroatoms. The van der Waals surface area contributed by atoms with Crippen molar-refractivity contribution in [3.63, 3.8) is 0 Å². The summed E-state index contributed by atoms with van der Waals surface area (Å²) in [6, 6.07) is 12.6. The van der Waals surface area contributed by atoms with Crippen molar-refractivity contribution in [2.45, 2.75) is 0 Å². The summed E-state index contributed by atoms with van der Waals surface area (Å²) in [5.41, 5.74) is 6.99. The molecule has 100 valence electrons. The van der Waals surface area contributed by atoms with Crippen molar-refractivity contribution < 1.29 is 9.72 Å². The molecule has 20 heavy (non-hydrogen) atoms. The molecule has 0 heterocycles. The van der Waals surface area contributed by atoms with Crippen LogP contribution in [-0.2, 0) is 0 Å². The third kappa shape index (κ3) is 3.26. The highest BCUT2D eigenvalue weighted by Gasteiger charge is 2.02. The molecule has 0 atom stereocenters. The minimum absolute atomic E-state index is 0.0351. The maximum Gasteiger partial charge on any atom is 0.269 e. The predicted octanol–water partition coefficient (Wildman–Crippen LogP) is 2.44. The zero-order chi connectivity index (χ0) is 14.5. The van der Waals surface area contributed by atoms with Gasteiger partial charge in [-0.1, -0.05) is 0 Å². The number of hydrogen-bond donors (Lipinski definition) is 1. The van der Waals surface area contributed by atoms with E-state index in [-0.39, 0.29) is 5.69 Å².